The first-order valence-corrected chi connectivity index (χ1v) is 10.4. The zero-order valence-electron chi connectivity index (χ0n) is 16.3. The third-order valence-corrected chi connectivity index (χ3v) is 5.91. The fourth-order valence-electron chi connectivity index (χ4n) is 2.83. The minimum atomic E-state index is -3.89. The lowest BCUT2D eigenvalue weighted by atomic mass is 9.97. The van der Waals surface area contributed by atoms with E-state index in [0.29, 0.717) is 5.75 Å². The van der Waals surface area contributed by atoms with E-state index in [0.717, 1.165) is 22.1 Å². The Balaban J connectivity index is 1.70. The molecule has 0 aromatic heterocycles. The number of hydrogen-bond acceptors (Lipinski definition) is 5. The Morgan fingerprint density at radius 3 is 2.10 bits per heavy atom. The summed E-state index contributed by atoms with van der Waals surface area (Å²) in [6.07, 6.45) is 0. The summed E-state index contributed by atoms with van der Waals surface area (Å²) in [6, 6.07) is 17.2. The normalized spacial score (nSPS) is 12.4. The maximum Gasteiger partial charge on any atom is 0.257 e. The van der Waals surface area contributed by atoms with Crippen LogP contribution >= 0.6 is 0 Å². The second-order valence-electron chi connectivity index (χ2n) is 6.46. The van der Waals surface area contributed by atoms with Crippen LogP contribution in [0, 0.1) is 0 Å². The van der Waals surface area contributed by atoms with Gasteiger partial charge >= 0.3 is 0 Å². The first-order chi connectivity index (χ1) is 13.8. The number of carbonyl (C=O) groups is 1. The van der Waals surface area contributed by atoms with Crippen LogP contribution in [0.5, 0.6) is 11.5 Å². The highest BCUT2D eigenvalue weighted by atomic mass is 32.2. The van der Waals surface area contributed by atoms with E-state index >= 15 is 0 Å². The smallest absolute Gasteiger partial charge is 0.257 e. The first kappa shape index (κ1) is 20.6. The van der Waals surface area contributed by atoms with Gasteiger partial charge in [0.15, 0.2) is 0 Å². The Morgan fingerprint density at radius 1 is 0.862 bits per heavy atom. The van der Waals surface area contributed by atoms with Gasteiger partial charge in [0.2, 0.25) is 5.91 Å². The van der Waals surface area contributed by atoms with Crippen LogP contribution in [0.4, 0.5) is 0 Å². The Morgan fingerprint density at radius 2 is 1.45 bits per heavy atom. The number of fused-ring (bicyclic) bond motifs is 1. The molecule has 1 unspecified atom stereocenters. The minimum absolute atomic E-state index is 0.0194. The number of ether oxygens (including phenoxy) is 2. The molecule has 3 aromatic rings. The second-order valence-corrected chi connectivity index (χ2v) is 8.15. The summed E-state index contributed by atoms with van der Waals surface area (Å²) in [5.41, 5.74) is 3.05. The number of rotatable bonds is 7. The molecule has 0 aliphatic heterocycles. The van der Waals surface area contributed by atoms with Gasteiger partial charge in [-0.3, -0.25) is 10.2 Å². The van der Waals surface area contributed by atoms with Crippen molar-refractivity contribution in [1.29, 1.82) is 0 Å². The highest BCUT2D eigenvalue weighted by Gasteiger charge is 2.19. The molecule has 1 atom stereocenters. The summed E-state index contributed by atoms with van der Waals surface area (Å²) in [5.74, 6) is 0.273. The van der Waals surface area contributed by atoms with Crippen molar-refractivity contribution < 1.29 is 22.7 Å². The highest BCUT2D eigenvalue weighted by molar-refractivity contribution is 7.89. The zero-order chi connectivity index (χ0) is 21.0. The Labute approximate surface area is 169 Å². The van der Waals surface area contributed by atoms with Crippen LogP contribution in [0.2, 0.25) is 0 Å². The number of sulfonamides is 1. The average molecular weight is 414 g/mol. The van der Waals surface area contributed by atoms with Crippen LogP contribution in [0.15, 0.2) is 65.6 Å². The molecular formula is C21H22N2O5S. The van der Waals surface area contributed by atoms with Crippen molar-refractivity contribution in [3.63, 3.8) is 0 Å². The molecule has 0 radical (unpaired) electrons. The lowest BCUT2D eigenvalue weighted by Gasteiger charge is -2.14. The standard InChI is InChI=1S/C21H22N2O5S/c1-14(15-4-5-17-13-19(28-3)7-6-16(17)12-15)21(24)22-23-29(25,26)20-10-8-18(27-2)9-11-20/h4-14,23H,1-3H3,(H,22,24). The summed E-state index contributed by atoms with van der Waals surface area (Å²) in [4.78, 5) is 14.6. The number of benzene rings is 3. The summed E-state index contributed by atoms with van der Waals surface area (Å²) in [5, 5.41) is 1.95. The van der Waals surface area contributed by atoms with E-state index in [9.17, 15) is 13.2 Å². The molecule has 1 amide bonds. The topological polar surface area (TPSA) is 93.7 Å². The number of amides is 1. The van der Waals surface area contributed by atoms with Gasteiger partial charge in [0.25, 0.3) is 10.0 Å². The van der Waals surface area contributed by atoms with Crippen molar-refractivity contribution in [1.82, 2.24) is 10.3 Å². The van der Waals surface area contributed by atoms with Gasteiger partial charge in [-0.05, 0) is 59.7 Å². The Hall–Kier alpha value is -3.10. The second kappa shape index (κ2) is 8.50. The predicted molar refractivity (Wildman–Crippen MR) is 110 cm³/mol. The molecule has 152 valence electrons. The van der Waals surface area contributed by atoms with Gasteiger partial charge in [-0.25, -0.2) is 8.42 Å². The molecule has 29 heavy (non-hydrogen) atoms. The maximum atomic E-state index is 12.5. The summed E-state index contributed by atoms with van der Waals surface area (Å²) in [6.45, 7) is 1.71. The van der Waals surface area contributed by atoms with Gasteiger partial charge < -0.3 is 9.47 Å². The van der Waals surface area contributed by atoms with Gasteiger partial charge in [0.1, 0.15) is 11.5 Å². The van der Waals surface area contributed by atoms with Crippen molar-refractivity contribution in [3.05, 3.63) is 66.2 Å². The molecule has 0 heterocycles. The summed E-state index contributed by atoms with van der Waals surface area (Å²) in [7, 11) is -0.791. The molecule has 0 bridgehead atoms. The monoisotopic (exact) mass is 414 g/mol. The van der Waals surface area contributed by atoms with Gasteiger partial charge in [-0.1, -0.05) is 24.3 Å². The number of methoxy groups -OCH3 is 2. The Bertz CT molecular complexity index is 1130. The van der Waals surface area contributed by atoms with E-state index in [-0.39, 0.29) is 4.90 Å². The first-order valence-electron chi connectivity index (χ1n) is 8.87. The summed E-state index contributed by atoms with van der Waals surface area (Å²) >= 11 is 0. The lowest BCUT2D eigenvalue weighted by molar-refractivity contribution is -0.122. The van der Waals surface area contributed by atoms with Crippen LogP contribution in [0.1, 0.15) is 18.4 Å². The summed E-state index contributed by atoms with van der Waals surface area (Å²) < 4.78 is 34.9. The molecule has 7 nitrogen and oxygen atoms in total. The zero-order valence-corrected chi connectivity index (χ0v) is 17.1. The van der Waals surface area contributed by atoms with E-state index in [1.165, 1.54) is 31.4 Å². The minimum Gasteiger partial charge on any atom is -0.497 e. The van der Waals surface area contributed by atoms with Crippen LogP contribution in [0.25, 0.3) is 10.8 Å². The molecule has 8 heteroatoms. The third kappa shape index (κ3) is 4.67. The fraction of sp³-hybridized carbons (Fsp3) is 0.190. The molecule has 0 aliphatic rings. The SMILES string of the molecule is COc1ccc(S(=O)(=O)NNC(=O)C(C)c2ccc3cc(OC)ccc3c2)cc1. The number of carbonyl (C=O) groups excluding carboxylic acids is 1. The van der Waals surface area contributed by atoms with Gasteiger partial charge in [0.05, 0.1) is 25.0 Å². The van der Waals surface area contributed by atoms with E-state index in [2.05, 4.69) is 10.3 Å². The van der Waals surface area contributed by atoms with E-state index in [1.807, 2.05) is 36.4 Å². The van der Waals surface area contributed by atoms with E-state index in [4.69, 9.17) is 9.47 Å². The lowest BCUT2D eigenvalue weighted by Crippen LogP contribution is -2.43. The molecule has 0 spiro atoms. The van der Waals surface area contributed by atoms with Crippen molar-refractivity contribution in [2.75, 3.05) is 14.2 Å². The molecule has 3 aromatic carbocycles. The van der Waals surface area contributed by atoms with E-state index < -0.39 is 21.8 Å². The van der Waals surface area contributed by atoms with Crippen LogP contribution < -0.4 is 19.7 Å². The number of hydrazine groups is 1. The largest absolute Gasteiger partial charge is 0.497 e. The fourth-order valence-corrected chi connectivity index (χ4v) is 3.68. The molecule has 0 saturated carbocycles. The van der Waals surface area contributed by atoms with Crippen LogP contribution in [0.3, 0.4) is 0 Å². The predicted octanol–water partition coefficient (Wildman–Crippen LogP) is 2.97. The molecule has 0 saturated heterocycles. The number of hydrogen-bond donors (Lipinski definition) is 2. The average Bonchev–Trinajstić information content (AvgIpc) is 2.76. The highest BCUT2D eigenvalue weighted by Crippen LogP contribution is 2.25. The van der Waals surface area contributed by atoms with E-state index in [1.54, 1.807) is 14.0 Å². The molecule has 3 rings (SSSR count). The quantitative estimate of drug-likeness (QED) is 0.580. The van der Waals surface area contributed by atoms with Crippen molar-refractivity contribution in [2.45, 2.75) is 17.7 Å². The Kier molecular flexibility index (Phi) is 6.05. The van der Waals surface area contributed by atoms with Crippen LogP contribution in [-0.4, -0.2) is 28.5 Å². The molecule has 0 aliphatic carbocycles. The molecule has 0 fully saturated rings. The maximum absolute atomic E-state index is 12.5. The number of nitrogens with one attached hydrogen (secondary N) is 2. The van der Waals surface area contributed by atoms with Crippen molar-refractivity contribution >= 4 is 26.7 Å². The molecule has 2 N–H and O–H groups in total. The van der Waals surface area contributed by atoms with Gasteiger partial charge in [-0.2, -0.15) is 0 Å². The van der Waals surface area contributed by atoms with Crippen molar-refractivity contribution in [2.24, 2.45) is 0 Å². The van der Waals surface area contributed by atoms with Crippen molar-refractivity contribution in [3.8, 4) is 11.5 Å². The molecular weight excluding hydrogens is 392 g/mol. The van der Waals surface area contributed by atoms with Crippen LogP contribution in [-0.2, 0) is 14.8 Å². The van der Waals surface area contributed by atoms with Gasteiger partial charge in [-0.15, -0.1) is 4.83 Å². The third-order valence-electron chi connectivity index (χ3n) is 4.64. The van der Waals surface area contributed by atoms with Gasteiger partial charge in [0, 0.05) is 0 Å².